The molecule has 2 atom stereocenters. The first kappa shape index (κ1) is 29.0. The van der Waals surface area contributed by atoms with Gasteiger partial charge < -0.3 is 20.6 Å². The van der Waals surface area contributed by atoms with Crippen LogP contribution in [0.3, 0.4) is 0 Å². The van der Waals surface area contributed by atoms with Gasteiger partial charge in [0.15, 0.2) is 0 Å². The molecule has 9 nitrogen and oxygen atoms in total. The Bertz CT molecular complexity index is 620. The van der Waals surface area contributed by atoms with E-state index in [0.29, 0.717) is 13.0 Å². The average molecular weight is 453 g/mol. The summed E-state index contributed by atoms with van der Waals surface area (Å²) in [5.74, 6) is -0.876. The third-order valence-corrected chi connectivity index (χ3v) is 6.36. The van der Waals surface area contributed by atoms with Crippen LogP contribution in [0.25, 0.3) is 0 Å². The lowest BCUT2D eigenvalue weighted by Gasteiger charge is -2.31. The quantitative estimate of drug-likeness (QED) is 0.298. The minimum Gasteiger partial charge on any atom is -0.383 e. The fourth-order valence-electron chi connectivity index (χ4n) is 2.03. The van der Waals surface area contributed by atoms with Gasteiger partial charge >= 0.3 is 7.82 Å². The second kappa shape index (κ2) is 11.6. The van der Waals surface area contributed by atoms with E-state index >= 15 is 0 Å². The summed E-state index contributed by atoms with van der Waals surface area (Å²) in [6, 6.07) is 0. The molecular weight excluding hydrogens is 411 g/mol. The van der Waals surface area contributed by atoms with E-state index in [1.165, 1.54) is 13.8 Å². The van der Waals surface area contributed by atoms with Gasteiger partial charge in [0.1, 0.15) is 6.10 Å². The van der Waals surface area contributed by atoms with E-state index in [1.807, 2.05) is 13.8 Å². The maximum atomic E-state index is 12.2. The lowest BCUT2D eigenvalue weighted by atomic mass is 9.87. The van der Waals surface area contributed by atoms with Crippen LogP contribution in [0.5, 0.6) is 0 Å². The fraction of sp³-hybridized carbons (Fsp3) is 0.900. The SMILES string of the molecule is CCC(C)(C)CNC(=O)CCNC(=O)C(O)C(C)(C)COP(=O)(O)OC(C)(C)CC. The number of carbonyl (C=O) groups is 2. The summed E-state index contributed by atoms with van der Waals surface area (Å²) in [6.45, 7) is 14.6. The summed E-state index contributed by atoms with van der Waals surface area (Å²) in [5, 5.41) is 15.7. The van der Waals surface area contributed by atoms with E-state index in [2.05, 4.69) is 24.5 Å². The highest BCUT2D eigenvalue weighted by Crippen LogP contribution is 2.49. The van der Waals surface area contributed by atoms with Crippen LogP contribution in [0.4, 0.5) is 0 Å². The van der Waals surface area contributed by atoms with Gasteiger partial charge in [0.05, 0.1) is 12.2 Å². The highest BCUT2D eigenvalue weighted by atomic mass is 31.2. The topological polar surface area (TPSA) is 134 Å². The van der Waals surface area contributed by atoms with Gasteiger partial charge in [0, 0.05) is 24.9 Å². The van der Waals surface area contributed by atoms with Crippen molar-refractivity contribution in [3.63, 3.8) is 0 Å². The van der Waals surface area contributed by atoms with E-state index in [-0.39, 0.29) is 30.9 Å². The molecule has 0 aliphatic rings. The van der Waals surface area contributed by atoms with Crippen LogP contribution in [0.1, 0.15) is 74.7 Å². The molecular formula is C20H41N2O7P. The third kappa shape index (κ3) is 11.4. The fourth-order valence-corrected chi connectivity index (χ4v) is 3.33. The van der Waals surface area contributed by atoms with E-state index in [4.69, 9.17) is 9.05 Å². The van der Waals surface area contributed by atoms with Gasteiger partial charge in [-0.2, -0.15) is 0 Å². The molecule has 10 heteroatoms. The van der Waals surface area contributed by atoms with Crippen molar-refractivity contribution in [2.24, 2.45) is 10.8 Å². The Morgan fingerprint density at radius 3 is 2.10 bits per heavy atom. The molecule has 0 aliphatic heterocycles. The number of phosphoric ester groups is 1. The first-order valence-corrected chi connectivity index (χ1v) is 11.9. The van der Waals surface area contributed by atoms with Gasteiger partial charge in [0.25, 0.3) is 0 Å². The Balaban J connectivity index is 4.53. The van der Waals surface area contributed by atoms with Crippen molar-refractivity contribution >= 4 is 19.6 Å². The third-order valence-electron chi connectivity index (χ3n) is 5.17. The molecule has 0 aromatic carbocycles. The molecule has 4 N–H and O–H groups in total. The minimum absolute atomic E-state index is 0.00131. The maximum absolute atomic E-state index is 12.2. The lowest BCUT2D eigenvalue weighted by molar-refractivity contribution is -0.137. The molecule has 0 saturated heterocycles. The molecule has 0 fully saturated rings. The normalized spacial score (nSPS) is 15.9. The van der Waals surface area contributed by atoms with Gasteiger partial charge in [-0.05, 0) is 32.1 Å². The number of hydrogen-bond donors (Lipinski definition) is 4. The number of carbonyl (C=O) groups excluding carboxylic acids is 2. The van der Waals surface area contributed by atoms with E-state index < -0.39 is 30.8 Å². The molecule has 0 heterocycles. The van der Waals surface area contributed by atoms with Gasteiger partial charge in [-0.1, -0.05) is 41.5 Å². The van der Waals surface area contributed by atoms with Gasteiger partial charge in [-0.15, -0.1) is 0 Å². The van der Waals surface area contributed by atoms with Gasteiger partial charge in [0.2, 0.25) is 11.8 Å². The molecule has 30 heavy (non-hydrogen) atoms. The van der Waals surface area contributed by atoms with E-state index in [9.17, 15) is 24.2 Å². The van der Waals surface area contributed by atoms with Crippen molar-refractivity contribution in [3.8, 4) is 0 Å². The molecule has 0 bridgehead atoms. The van der Waals surface area contributed by atoms with Crippen molar-refractivity contribution < 1.29 is 33.2 Å². The zero-order chi connectivity index (χ0) is 23.8. The summed E-state index contributed by atoms with van der Waals surface area (Å²) >= 11 is 0. The summed E-state index contributed by atoms with van der Waals surface area (Å²) < 4.78 is 22.2. The predicted octanol–water partition coefficient (Wildman–Crippen LogP) is 2.75. The van der Waals surface area contributed by atoms with Crippen molar-refractivity contribution in [2.45, 2.75) is 86.4 Å². The largest absolute Gasteiger partial charge is 0.472 e. The molecule has 0 rings (SSSR count). The molecule has 0 aliphatic carbocycles. The maximum Gasteiger partial charge on any atom is 0.472 e. The molecule has 0 spiro atoms. The zero-order valence-electron chi connectivity index (χ0n) is 19.7. The number of nitrogens with one attached hydrogen (secondary N) is 2. The number of hydrogen-bond acceptors (Lipinski definition) is 6. The van der Waals surface area contributed by atoms with Crippen molar-refractivity contribution in [1.29, 1.82) is 0 Å². The highest BCUT2D eigenvalue weighted by Gasteiger charge is 2.38. The molecule has 0 saturated carbocycles. The van der Waals surface area contributed by atoms with Crippen LogP contribution in [-0.4, -0.2) is 53.2 Å². The summed E-state index contributed by atoms with van der Waals surface area (Å²) in [6.07, 6.45) is 0.00772. The van der Waals surface area contributed by atoms with Gasteiger partial charge in [-0.3, -0.25) is 18.6 Å². The number of rotatable bonds is 14. The van der Waals surface area contributed by atoms with Crippen LogP contribution in [0.2, 0.25) is 0 Å². The monoisotopic (exact) mass is 452 g/mol. The predicted molar refractivity (Wildman–Crippen MR) is 116 cm³/mol. The number of aliphatic hydroxyl groups is 1. The Kier molecular flexibility index (Phi) is 11.2. The second-order valence-electron chi connectivity index (χ2n) is 9.67. The van der Waals surface area contributed by atoms with E-state index in [0.717, 1.165) is 6.42 Å². The molecule has 178 valence electrons. The van der Waals surface area contributed by atoms with Crippen molar-refractivity contribution in [3.05, 3.63) is 0 Å². The average Bonchev–Trinajstić information content (AvgIpc) is 2.63. The Labute approximate surface area is 180 Å². The standard InChI is InChI=1S/C20H41N2O7P/c1-9-18(3,4)13-22-15(23)11-12-21-17(25)16(24)19(5,6)14-28-30(26,27)29-20(7,8)10-2/h16,24H,9-14H2,1-8H3,(H,21,25)(H,22,23)(H,26,27). The van der Waals surface area contributed by atoms with Crippen LogP contribution in [-0.2, 0) is 23.2 Å². The molecule has 2 amide bonds. The smallest absolute Gasteiger partial charge is 0.383 e. The Hall–Kier alpha value is -0.990. The zero-order valence-corrected chi connectivity index (χ0v) is 20.6. The molecule has 2 unspecified atom stereocenters. The minimum atomic E-state index is -4.35. The van der Waals surface area contributed by atoms with Crippen LogP contribution in [0, 0.1) is 10.8 Å². The number of aliphatic hydroxyl groups excluding tert-OH is 1. The molecule has 0 radical (unpaired) electrons. The Morgan fingerprint density at radius 1 is 1.03 bits per heavy atom. The van der Waals surface area contributed by atoms with Crippen LogP contribution in [0.15, 0.2) is 0 Å². The number of amides is 2. The van der Waals surface area contributed by atoms with Crippen molar-refractivity contribution in [2.75, 3.05) is 19.7 Å². The first-order chi connectivity index (χ1) is 13.5. The van der Waals surface area contributed by atoms with Crippen LogP contribution < -0.4 is 10.6 Å². The first-order valence-electron chi connectivity index (χ1n) is 10.4. The highest BCUT2D eigenvalue weighted by molar-refractivity contribution is 7.47. The second-order valence-corrected chi connectivity index (χ2v) is 11.1. The lowest BCUT2D eigenvalue weighted by Crippen LogP contribution is -2.46. The van der Waals surface area contributed by atoms with Crippen LogP contribution >= 0.6 is 7.82 Å². The van der Waals surface area contributed by atoms with E-state index in [1.54, 1.807) is 13.8 Å². The summed E-state index contributed by atoms with van der Waals surface area (Å²) in [5.41, 5.74) is -2.01. The number of phosphoric acid groups is 1. The van der Waals surface area contributed by atoms with Crippen molar-refractivity contribution in [1.82, 2.24) is 10.6 Å². The van der Waals surface area contributed by atoms with Gasteiger partial charge in [-0.25, -0.2) is 4.57 Å². The Morgan fingerprint density at radius 2 is 1.60 bits per heavy atom. The molecule has 0 aromatic rings. The summed E-state index contributed by atoms with van der Waals surface area (Å²) in [7, 11) is -4.35. The summed E-state index contributed by atoms with van der Waals surface area (Å²) in [4.78, 5) is 34.0. The molecule has 0 aromatic heterocycles.